The Bertz CT molecular complexity index is 1110. The molecule has 6 nitrogen and oxygen atoms in total. The van der Waals surface area contributed by atoms with Gasteiger partial charge in [0.15, 0.2) is 0 Å². The van der Waals surface area contributed by atoms with Gasteiger partial charge in [0.2, 0.25) is 0 Å². The molecule has 2 N–H and O–H groups in total. The molecule has 0 aliphatic rings. The van der Waals surface area contributed by atoms with Crippen LogP contribution in [-0.4, -0.2) is 22.2 Å². The molecule has 1 aromatic heterocycles. The molecule has 3 aromatic rings. The molecule has 0 saturated carbocycles. The first-order valence-corrected chi connectivity index (χ1v) is 8.65. The molecule has 0 unspecified atom stereocenters. The molecule has 0 aliphatic carbocycles. The van der Waals surface area contributed by atoms with E-state index in [1.807, 2.05) is 0 Å². The van der Waals surface area contributed by atoms with Gasteiger partial charge in [-0.2, -0.15) is 0 Å². The quantitative estimate of drug-likeness (QED) is 0.611. The molecule has 0 bridgehead atoms. The van der Waals surface area contributed by atoms with Gasteiger partial charge >= 0.3 is 6.36 Å². The first kappa shape index (κ1) is 21.0. The topological polar surface area (TPSA) is 84.1 Å². The van der Waals surface area contributed by atoms with E-state index in [4.69, 9.17) is 0 Å². The highest BCUT2D eigenvalue weighted by Crippen LogP contribution is 2.27. The number of H-pyrrole nitrogens is 1. The fourth-order valence-corrected chi connectivity index (χ4v) is 2.71. The monoisotopic (exact) mass is 421 g/mol. The van der Waals surface area contributed by atoms with E-state index in [-0.39, 0.29) is 17.1 Å². The Labute approximate surface area is 167 Å². The van der Waals surface area contributed by atoms with E-state index in [0.717, 1.165) is 18.2 Å². The van der Waals surface area contributed by atoms with Crippen molar-refractivity contribution in [3.8, 4) is 17.1 Å². The van der Waals surface area contributed by atoms with Gasteiger partial charge in [-0.05, 0) is 13.0 Å². The van der Waals surface area contributed by atoms with Crippen LogP contribution in [0.5, 0.6) is 5.75 Å². The second-order valence-electron chi connectivity index (χ2n) is 6.27. The summed E-state index contributed by atoms with van der Waals surface area (Å²) in [6, 6.07) is 11.3. The fourth-order valence-electron chi connectivity index (χ4n) is 2.71. The Kier molecular flexibility index (Phi) is 5.86. The van der Waals surface area contributed by atoms with Crippen molar-refractivity contribution in [3.05, 3.63) is 82.0 Å². The van der Waals surface area contributed by atoms with Crippen molar-refractivity contribution >= 4 is 5.91 Å². The van der Waals surface area contributed by atoms with Crippen LogP contribution >= 0.6 is 0 Å². The second kappa shape index (κ2) is 8.36. The van der Waals surface area contributed by atoms with Gasteiger partial charge in [0.05, 0.1) is 6.04 Å². The van der Waals surface area contributed by atoms with E-state index in [1.165, 1.54) is 6.92 Å². The van der Waals surface area contributed by atoms with Crippen molar-refractivity contribution < 1.29 is 27.1 Å². The van der Waals surface area contributed by atoms with Crippen molar-refractivity contribution in [2.24, 2.45) is 0 Å². The van der Waals surface area contributed by atoms with Crippen LogP contribution in [0.15, 0.2) is 59.4 Å². The van der Waals surface area contributed by atoms with Gasteiger partial charge < -0.3 is 15.0 Å². The maximum absolute atomic E-state index is 14.2. The molecule has 156 valence electrons. The predicted molar refractivity (Wildman–Crippen MR) is 99.3 cm³/mol. The van der Waals surface area contributed by atoms with E-state index in [1.54, 1.807) is 30.3 Å². The van der Waals surface area contributed by atoms with Crippen LogP contribution in [0.1, 0.15) is 29.0 Å². The molecule has 0 saturated heterocycles. The SMILES string of the molecule is C[C@@H](NC(=O)c1cc(=O)[nH]c(-c2ccccc2)n1)c1ccc(OC(F)(F)F)cc1F. The van der Waals surface area contributed by atoms with E-state index >= 15 is 0 Å². The van der Waals surface area contributed by atoms with Crippen LogP contribution in [-0.2, 0) is 0 Å². The number of ether oxygens (including phenoxy) is 1. The third kappa shape index (κ3) is 5.22. The van der Waals surface area contributed by atoms with Crippen LogP contribution < -0.4 is 15.6 Å². The molecule has 30 heavy (non-hydrogen) atoms. The maximum Gasteiger partial charge on any atom is 0.573 e. The Balaban J connectivity index is 1.79. The fraction of sp³-hybridized carbons (Fsp3) is 0.150. The number of aromatic amines is 1. The number of benzene rings is 2. The van der Waals surface area contributed by atoms with E-state index in [2.05, 4.69) is 20.0 Å². The number of aromatic nitrogens is 2. The molecule has 1 heterocycles. The third-order valence-corrected chi connectivity index (χ3v) is 4.04. The van der Waals surface area contributed by atoms with E-state index in [0.29, 0.717) is 11.6 Å². The minimum atomic E-state index is -4.95. The summed E-state index contributed by atoms with van der Waals surface area (Å²) in [6.07, 6.45) is -4.95. The lowest BCUT2D eigenvalue weighted by Gasteiger charge is -2.16. The zero-order valence-corrected chi connectivity index (χ0v) is 15.5. The van der Waals surface area contributed by atoms with Crippen LogP contribution in [0.4, 0.5) is 17.6 Å². The van der Waals surface area contributed by atoms with Gasteiger partial charge in [-0.15, -0.1) is 13.2 Å². The highest BCUT2D eigenvalue weighted by Gasteiger charge is 2.31. The van der Waals surface area contributed by atoms with Crippen LogP contribution in [0.25, 0.3) is 11.4 Å². The summed E-state index contributed by atoms with van der Waals surface area (Å²) in [5, 5.41) is 2.47. The van der Waals surface area contributed by atoms with Gasteiger partial charge in [0.1, 0.15) is 23.1 Å². The molecule has 0 fully saturated rings. The Morgan fingerprint density at radius 2 is 1.83 bits per heavy atom. The lowest BCUT2D eigenvalue weighted by molar-refractivity contribution is -0.274. The van der Waals surface area contributed by atoms with Crippen LogP contribution in [0.2, 0.25) is 0 Å². The lowest BCUT2D eigenvalue weighted by Crippen LogP contribution is -2.29. The molecule has 1 amide bonds. The van der Waals surface area contributed by atoms with Gasteiger partial charge in [0.25, 0.3) is 11.5 Å². The normalized spacial score (nSPS) is 12.3. The number of rotatable bonds is 5. The molecule has 1 atom stereocenters. The molecule has 3 rings (SSSR count). The summed E-state index contributed by atoms with van der Waals surface area (Å²) >= 11 is 0. The van der Waals surface area contributed by atoms with Gasteiger partial charge in [0, 0.05) is 23.3 Å². The van der Waals surface area contributed by atoms with Crippen molar-refractivity contribution in [2.75, 3.05) is 0 Å². The summed E-state index contributed by atoms with van der Waals surface area (Å²) in [5.41, 5.74) is -0.224. The number of amides is 1. The summed E-state index contributed by atoms with van der Waals surface area (Å²) in [7, 11) is 0. The molecular formula is C20H15F4N3O3. The molecule has 2 aromatic carbocycles. The van der Waals surface area contributed by atoms with Crippen molar-refractivity contribution in [1.29, 1.82) is 0 Å². The minimum absolute atomic E-state index is 0.0639. The number of nitrogens with one attached hydrogen (secondary N) is 2. The second-order valence-corrected chi connectivity index (χ2v) is 6.27. The predicted octanol–water partition coefficient (Wildman–Crippen LogP) is 3.97. The van der Waals surface area contributed by atoms with Crippen molar-refractivity contribution in [1.82, 2.24) is 15.3 Å². The minimum Gasteiger partial charge on any atom is -0.406 e. The summed E-state index contributed by atoms with van der Waals surface area (Å²) < 4.78 is 54.6. The summed E-state index contributed by atoms with van der Waals surface area (Å²) in [6.45, 7) is 1.44. The van der Waals surface area contributed by atoms with Crippen LogP contribution in [0.3, 0.4) is 0 Å². The Hall–Kier alpha value is -3.69. The molecular weight excluding hydrogens is 406 g/mol. The molecule has 0 aliphatic heterocycles. The van der Waals surface area contributed by atoms with Crippen molar-refractivity contribution in [2.45, 2.75) is 19.3 Å². The zero-order chi connectivity index (χ0) is 21.9. The first-order valence-electron chi connectivity index (χ1n) is 8.65. The number of halogens is 4. The maximum atomic E-state index is 14.2. The largest absolute Gasteiger partial charge is 0.573 e. The van der Waals surface area contributed by atoms with Crippen LogP contribution in [0, 0.1) is 5.82 Å². The molecule has 0 radical (unpaired) electrons. The number of carbonyl (C=O) groups excluding carboxylic acids is 1. The third-order valence-electron chi connectivity index (χ3n) is 4.04. The molecule has 0 spiro atoms. The highest BCUT2D eigenvalue weighted by atomic mass is 19.4. The van der Waals surface area contributed by atoms with Crippen molar-refractivity contribution in [3.63, 3.8) is 0 Å². The number of hydrogen-bond acceptors (Lipinski definition) is 4. The van der Waals surface area contributed by atoms with Gasteiger partial charge in [-0.25, -0.2) is 9.37 Å². The Morgan fingerprint density at radius 3 is 2.47 bits per heavy atom. The van der Waals surface area contributed by atoms with Gasteiger partial charge in [-0.3, -0.25) is 9.59 Å². The Morgan fingerprint density at radius 1 is 1.13 bits per heavy atom. The summed E-state index contributed by atoms with van der Waals surface area (Å²) in [4.78, 5) is 31.1. The molecule has 10 heteroatoms. The lowest BCUT2D eigenvalue weighted by atomic mass is 10.1. The number of hydrogen-bond donors (Lipinski definition) is 2. The number of alkyl halides is 3. The highest BCUT2D eigenvalue weighted by molar-refractivity contribution is 5.92. The number of nitrogens with zero attached hydrogens (tertiary/aromatic N) is 1. The summed E-state index contributed by atoms with van der Waals surface area (Å²) in [5.74, 6) is -2.28. The average molecular weight is 421 g/mol. The van der Waals surface area contributed by atoms with E-state index < -0.39 is 35.4 Å². The number of carbonyl (C=O) groups is 1. The zero-order valence-electron chi connectivity index (χ0n) is 15.5. The van der Waals surface area contributed by atoms with E-state index in [9.17, 15) is 27.2 Å². The smallest absolute Gasteiger partial charge is 0.406 e. The average Bonchev–Trinajstić information content (AvgIpc) is 2.67. The first-order chi connectivity index (χ1) is 14.1. The standard InChI is InChI=1S/C20H15F4N3O3/c1-11(14-8-7-13(9-15(14)21)30-20(22,23)24)25-19(29)16-10-17(28)27-18(26-16)12-5-3-2-4-6-12/h2-11H,1H3,(H,25,29)(H,26,27,28)/t11-/m1/s1. The van der Waals surface area contributed by atoms with Gasteiger partial charge in [-0.1, -0.05) is 36.4 Å².